The fourth-order valence-corrected chi connectivity index (χ4v) is 4.64. The number of carbonyl (C=O) groups excluding carboxylic acids is 1. The van der Waals surface area contributed by atoms with E-state index in [1.807, 2.05) is 0 Å². The molecule has 21 heavy (non-hydrogen) atoms. The van der Waals surface area contributed by atoms with Crippen molar-refractivity contribution >= 4 is 5.91 Å². The van der Waals surface area contributed by atoms with Crippen molar-refractivity contribution in [3.8, 4) is 0 Å². The number of piperidine rings is 1. The summed E-state index contributed by atoms with van der Waals surface area (Å²) >= 11 is 0. The maximum absolute atomic E-state index is 12.8. The SMILES string of the molecule is CC1CC(N)CC(C(=O)N2CCC(N3CCCCC3)C2)C1. The summed E-state index contributed by atoms with van der Waals surface area (Å²) in [5.41, 5.74) is 6.12. The Morgan fingerprint density at radius 3 is 2.52 bits per heavy atom. The lowest BCUT2D eigenvalue weighted by Gasteiger charge is -2.34. The molecule has 4 nitrogen and oxygen atoms in total. The average Bonchev–Trinajstić information content (AvgIpc) is 2.96. The van der Waals surface area contributed by atoms with Gasteiger partial charge in [-0.25, -0.2) is 0 Å². The number of hydrogen-bond donors (Lipinski definition) is 1. The Morgan fingerprint density at radius 2 is 1.81 bits per heavy atom. The van der Waals surface area contributed by atoms with Crippen LogP contribution in [0.5, 0.6) is 0 Å². The van der Waals surface area contributed by atoms with Crippen LogP contribution in [0.25, 0.3) is 0 Å². The third kappa shape index (κ3) is 3.59. The van der Waals surface area contributed by atoms with Gasteiger partial charge in [-0.05, 0) is 57.5 Å². The average molecular weight is 293 g/mol. The number of likely N-dealkylation sites (tertiary alicyclic amines) is 2. The number of amides is 1. The van der Waals surface area contributed by atoms with Crippen LogP contribution >= 0.6 is 0 Å². The smallest absolute Gasteiger partial charge is 0.225 e. The monoisotopic (exact) mass is 293 g/mol. The molecule has 120 valence electrons. The first-order valence-electron chi connectivity index (χ1n) is 8.92. The lowest BCUT2D eigenvalue weighted by Crippen LogP contribution is -2.44. The minimum atomic E-state index is 0.184. The van der Waals surface area contributed by atoms with Crippen molar-refractivity contribution in [1.82, 2.24) is 9.80 Å². The Bertz CT molecular complexity index is 357. The lowest BCUT2D eigenvalue weighted by molar-refractivity contribution is -0.136. The molecule has 2 aliphatic heterocycles. The summed E-state index contributed by atoms with van der Waals surface area (Å²) in [5, 5.41) is 0. The molecule has 0 spiro atoms. The van der Waals surface area contributed by atoms with Crippen LogP contribution in [0.3, 0.4) is 0 Å². The van der Waals surface area contributed by atoms with E-state index in [0.29, 0.717) is 17.9 Å². The summed E-state index contributed by atoms with van der Waals surface area (Å²) in [6, 6.07) is 0.840. The highest BCUT2D eigenvalue weighted by Crippen LogP contribution is 2.31. The maximum atomic E-state index is 12.8. The molecule has 4 atom stereocenters. The molecule has 3 rings (SSSR count). The van der Waals surface area contributed by atoms with Gasteiger partial charge in [-0.3, -0.25) is 9.69 Å². The maximum Gasteiger partial charge on any atom is 0.225 e. The molecule has 4 heteroatoms. The third-order valence-electron chi connectivity index (χ3n) is 5.71. The van der Waals surface area contributed by atoms with Crippen molar-refractivity contribution in [2.45, 2.75) is 64.0 Å². The molecule has 3 fully saturated rings. The first kappa shape index (κ1) is 15.3. The van der Waals surface area contributed by atoms with Crippen LogP contribution in [0.15, 0.2) is 0 Å². The molecule has 2 saturated heterocycles. The Labute approximate surface area is 129 Å². The molecular formula is C17H31N3O. The first-order chi connectivity index (χ1) is 10.1. The molecule has 1 aliphatic carbocycles. The largest absolute Gasteiger partial charge is 0.341 e. The fourth-order valence-electron chi connectivity index (χ4n) is 4.64. The molecule has 1 saturated carbocycles. The summed E-state index contributed by atoms with van der Waals surface area (Å²) in [6.07, 6.45) is 8.23. The molecule has 0 aromatic rings. The molecule has 3 aliphatic rings. The van der Waals surface area contributed by atoms with Crippen LogP contribution in [0.1, 0.15) is 51.9 Å². The minimum Gasteiger partial charge on any atom is -0.341 e. The number of hydrogen-bond acceptors (Lipinski definition) is 3. The molecule has 0 bridgehead atoms. The zero-order valence-corrected chi connectivity index (χ0v) is 13.5. The van der Waals surface area contributed by atoms with Gasteiger partial charge in [0.05, 0.1) is 0 Å². The van der Waals surface area contributed by atoms with Crippen LogP contribution < -0.4 is 5.73 Å². The molecular weight excluding hydrogens is 262 g/mol. The van der Waals surface area contributed by atoms with E-state index >= 15 is 0 Å². The molecule has 0 radical (unpaired) electrons. The van der Waals surface area contributed by atoms with Crippen molar-refractivity contribution < 1.29 is 4.79 Å². The van der Waals surface area contributed by atoms with E-state index in [9.17, 15) is 4.79 Å². The van der Waals surface area contributed by atoms with Crippen LogP contribution in [-0.4, -0.2) is 54.0 Å². The van der Waals surface area contributed by atoms with Gasteiger partial charge >= 0.3 is 0 Å². The molecule has 2 N–H and O–H groups in total. The van der Waals surface area contributed by atoms with E-state index in [-0.39, 0.29) is 12.0 Å². The van der Waals surface area contributed by atoms with Gasteiger partial charge in [-0.15, -0.1) is 0 Å². The van der Waals surface area contributed by atoms with Gasteiger partial charge in [0.25, 0.3) is 0 Å². The van der Waals surface area contributed by atoms with E-state index in [1.54, 1.807) is 0 Å². The summed E-state index contributed by atoms with van der Waals surface area (Å²) < 4.78 is 0. The second-order valence-electron chi connectivity index (χ2n) is 7.59. The van der Waals surface area contributed by atoms with Gasteiger partial charge in [0.2, 0.25) is 5.91 Å². The second-order valence-corrected chi connectivity index (χ2v) is 7.59. The Balaban J connectivity index is 1.54. The van der Waals surface area contributed by atoms with E-state index < -0.39 is 0 Å². The number of nitrogens with two attached hydrogens (primary N) is 1. The number of nitrogens with zero attached hydrogens (tertiary/aromatic N) is 2. The standard InChI is InChI=1S/C17H31N3O/c1-13-9-14(11-15(18)10-13)17(21)20-8-5-16(12-20)19-6-3-2-4-7-19/h13-16H,2-12,18H2,1H3. The molecule has 1 amide bonds. The van der Waals surface area contributed by atoms with Gasteiger partial charge in [-0.1, -0.05) is 13.3 Å². The highest BCUT2D eigenvalue weighted by molar-refractivity contribution is 5.79. The fraction of sp³-hybridized carbons (Fsp3) is 0.941. The molecule has 0 aromatic heterocycles. The Kier molecular flexibility index (Phi) is 4.85. The molecule has 0 aromatic carbocycles. The Morgan fingerprint density at radius 1 is 1.05 bits per heavy atom. The first-order valence-corrected chi connectivity index (χ1v) is 8.92. The highest BCUT2D eigenvalue weighted by Gasteiger charge is 2.36. The zero-order valence-electron chi connectivity index (χ0n) is 13.5. The normalized spacial score (nSPS) is 38.7. The van der Waals surface area contributed by atoms with Crippen LogP contribution in [0.4, 0.5) is 0 Å². The van der Waals surface area contributed by atoms with Crippen LogP contribution in [0, 0.1) is 11.8 Å². The lowest BCUT2D eigenvalue weighted by atomic mass is 9.79. The summed E-state index contributed by atoms with van der Waals surface area (Å²) in [5.74, 6) is 1.17. The van der Waals surface area contributed by atoms with Crippen LogP contribution in [0.2, 0.25) is 0 Å². The van der Waals surface area contributed by atoms with Crippen LogP contribution in [-0.2, 0) is 4.79 Å². The summed E-state index contributed by atoms with van der Waals surface area (Å²) in [6.45, 7) is 6.62. The van der Waals surface area contributed by atoms with Gasteiger partial charge in [0, 0.05) is 31.1 Å². The third-order valence-corrected chi connectivity index (χ3v) is 5.71. The molecule has 4 unspecified atom stereocenters. The minimum absolute atomic E-state index is 0.184. The van der Waals surface area contributed by atoms with E-state index in [0.717, 1.165) is 32.4 Å². The predicted octanol–water partition coefficient (Wildman–Crippen LogP) is 1.84. The zero-order chi connectivity index (χ0) is 14.8. The number of rotatable bonds is 2. The quantitative estimate of drug-likeness (QED) is 0.845. The Hall–Kier alpha value is -0.610. The summed E-state index contributed by atoms with van der Waals surface area (Å²) in [4.78, 5) is 17.5. The molecule has 2 heterocycles. The van der Waals surface area contributed by atoms with Crippen molar-refractivity contribution in [2.24, 2.45) is 17.6 Å². The van der Waals surface area contributed by atoms with Gasteiger partial charge in [-0.2, -0.15) is 0 Å². The van der Waals surface area contributed by atoms with Crippen molar-refractivity contribution in [2.75, 3.05) is 26.2 Å². The topological polar surface area (TPSA) is 49.6 Å². The summed E-state index contributed by atoms with van der Waals surface area (Å²) in [7, 11) is 0. The van der Waals surface area contributed by atoms with E-state index in [2.05, 4.69) is 16.7 Å². The van der Waals surface area contributed by atoms with Gasteiger partial charge in [0.15, 0.2) is 0 Å². The van der Waals surface area contributed by atoms with Crippen molar-refractivity contribution in [1.29, 1.82) is 0 Å². The highest BCUT2D eigenvalue weighted by atomic mass is 16.2. The van der Waals surface area contributed by atoms with Crippen molar-refractivity contribution in [3.63, 3.8) is 0 Å². The van der Waals surface area contributed by atoms with Gasteiger partial charge < -0.3 is 10.6 Å². The van der Waals surface area contributed by atoms with E-state index in [1.165, 1.54) is 38.8 Å². The van der Waals surface area contributed by atoms with Gasteiger partial charge in [0.1, 0.15) is 0 Å². The predicted molar refractivity (Wildman–Crippen MR) is 84.9 cm³/mol. The second kappa shape index (κ2) is 6.66. The van der Waals surface area contributed by atoms with E-state index in [4.69, 9.17) is 5.73 Å². The number of carbonyl (C=O) groups is 1. The van der Waals surface area contributed by atoms with Crippen molar-refractivity contribution in [3.05, 3.63) is 0 Å².